The Morgan fingerprint density at radius 2 is 1.97 bits per heavy atom. The van der Waals surface area contributed by atoms with Gasteiger partial charge in [-0.3, -0.25) is 4.79 Å². The van der Waals surface area contributed by atoms with Crippen LogP contribution in [0, 0.1) is 11.6 Å². The maximum absolute atomic E-state index is 14.4. The second-order valence-corrected chi connectivity index (χ2v) is 7.43. The number of benzene rings is 2. The van der Waals surface area contributed by atoms with Crippen LogP contribution >= 0.6 is 11.6 Å². The average Bonchev–Trinajstić information content (AvgIpc) is 2.80. The number of aromatic nitrogens is 1. The molecule has 164 valence electrons. The average molecular weight is 458 g/mol. The third-order valence-corrected chi connectivity index (χ3v) is 5.44. The van der Waals surface area contributed by atoms with Gasteiger partial charge in [0.05, 0.1) is 36.0 Å². The molecule has 1 aromatic heterocycles. The van der Waals surface area contributed by atoms with E-state index < -0.39 is 17.6 Å². The van der Waals surface area contributed by atoms with E-state index in [-0.39, 0.29) is 36.2 Å². The molecule has 3 aromatic rings. The molecule has 2 heterocycles. The van der Waals surface area contributed by atoms with Crippen molar-refractivity contribution in [2.45, 2.75) is 13.5 Å². The van der Waals surface area contributed by atoms with Gasteiger partial charge >= 0.3 is 5.97 Å². The number of ether oxygens (including phenoxy) is 1. The van der Waals surface area contributed by atoms with Crippen LogP contribution in [0.5, 0.6) is 0 Å². The minimum absolute atomic E-state index is 0.0494. The fourth-order valence-corrected chi connectivity index (χ4v) is 3.64. The van der Waals surface area contributed by atoms with Crippen LogP contribution in [0.4, 0.5) is 20.3 Å². The van der Waals surface area contributed by atoms with Gasteiger partial charge in [0.1, 0.15) is 11.6 Å². The summed E-state index contributed by atoms with van der Waals surface area (Å²) in [4.78, 5) is 30.4. The molecule has 32 heavy (non-hydrogen) atoms. The lowest BCUT2D eigenvalue weighted by Crippen LogP contribution is -2.40. The Morgan fingerprint density at radius 1 is 1.19 bits per heavy atom. The topological polar surface area (TPSA) is 71.5 Å². The Bertz CT molecular complexity index is 1220. The Labute approximate surface area is 187 Å². The monoisotopic (exact) mass is 457 g/mol. The minimum Gasteiger partial charge on any atom is -0.462 e. The first kappa shape index (κ1) is 21.7. The minimum atomic E-state index is -0.770. The molecule has 4 rings (SSSR count). The van der Waals surface area contributed by atoms with E-state index in [0.717, 1.165) is 12.1 Å². The summed E-state index contributed by atoms with van der Waals surface area (Å²) in [6, 6.07) is 10.4. The van der Waals surface area contributed by atoms with E-state index in [9.17, 15) is 18.4 Å². The van der Waals surface area contributed by atoms with Crippen LogP contribution in [0.3, 0.4) is 0 Å². The number of fused-ring (bicyclic) bond motifs is 1. The van der Waals surface area contributed by atoms with E-state index in [1.54, 1.807) is 43.5 Å². The number of anilines is 2. The molecular weight excluding hydrogens is 440 g/mol. The summed E-state index contributed by atoms with van der Waals surface area (Å²) in [5, 5.41) is 2.55. The summed E-state index contributed by atoms with van der Waals surface area (Å²) in [7, 11) is 0. The highest BCUT2D eigenvalue weighted by molar-refractivity contribution is 6.31. The fourth-order valence-electron chi connectivity index (χ4n) is 3.43. The quantitative estimate of drug-likeness (QED) is 0.439. The van der Waals surface area contributed by atoms with Gasteiger partial charge in [0.25, 0.3) is 0 Å². The second kappa shape index (κ2) is 8.92. The molecule has 0 atom stereocenters. The number of pyridine rings is 1. The van der Waals surface area contributed by atoms with Crippen molar-refractivity contribution in [2.24, 2.45) is 0 Å². The third-order valence-electron chi connectivity index (χ3n) is 5.03. The zero-order chi connectivity index (χ0) is 22.8. The van der Waals surface area contributed by atoms with Gasteiger partial charge in [-0.15, -0.1) is 0 Å². The number of rotatable bonds is 5. The van der Waals surface area contributed by atoms with Crippen molar-refractivity contribution in [3.8, 4) is 11.1 Å². The van der Waals surface area contributed by atoms with Gasteiger partial charge in [0, 0.05) is 17.3 Å². The van der Waals surface area contributed by atoms with Gasteiger partial charge in [0.15, 0.2) is 5.82 Å². The van der Waals surface area contributed by atoms with Crippen molar-refractivity contribution < 1.29 is 23.1 Å². The van der Waals surface area contributed by atoms with Gasteiger partial charge < -0.3 is 15.0 Å². The maximum atomic E-state index is 14.4. The van der Waals surface area contributed by atoms with Crippen LogP contribution in [0.2, 0.25) is 5.02 Å². The van der Waals surface area contributed by atoms with E-state index in [0.29, 0.717) is 28.2 Å². The zero-order valence-corrected chi connectivity index (χ0v) is 17.7. The number of hydrogen-bond donors (Lipinski definition) is 1. The number of carbonyl (C=O) groups is 2. The number of nitrogens with one attached hydrogen (secondary N) is 1. The predicted molar refractivity (Wildman–Crippen MR) is 117 cm³/mol. The van der Waals surface area contributed by atoms with Gasteiger partial charge in [-0.1, -0.05) is 23.7 Å². The lowest BCUT2D eigenvalue weighted by Gasteiger charge is -2.30. The van der Waals surface area contributed by atoms with E-state index >= 15 is 0 Å². The van der Waals surface area contributed by atoms with E-state index in [2.05, 4.69) is 10.3 Å². The molecule has 1 aliphatic rings. The molecule has 0 aliphatic carbocycles. The molecule has 0 saturated carbocycles. The summed E-state index contributed by atoms with van der Waals surface area (Å²) in [6.07, 6.45) is 1.60. The smallest absolute Gasteiger partial charge is 0.338 e. The number of nitrogens with zero attached hydrogens (tertiary/aromatic N) is 2. The Morgan fingerprint density at radius 3 is 2.75 bits per heavy atom. The van der Waals surface area contributed by atoms with Crippen molar-refractivity contribution in [1.82, 2.24) is 4.98 Å². The maximum Gasteiger partial charge on any atom is 0.338 e. The number of halogens is 3. The molecule has 1 N–H and O–H groups in total. The molecule has 0 saturated heterocycles. The molecule has 0 bridgehead atoms. The van der Waals surface area contributed by atoms with Crippen LogP contribution in [0.15, 0.2) is 48.7 Å². The first-order valence-corrected chi connectivity index (χ1v) is 10.2. The highest BCUT2D eigenvalue weighted by Crippen LogP contribution is 2.35. The molecule has 1 aliphatic heterocycles. The summed E-state index contributed by atoms with van der Waals surface area (Å²) in [5.74, 6) is -1.86. The molecular formula is C23H18ClF2N3O3. The van der Waals surface area contributed by atoms with Crippen LogP contribution in [-0.4, -0.2) is 30.0 Å². The number of carbonyl (C=O) groups excluding carboxylic acids is 2. The van der Waals surface area contributed by atoms with E-state index in [4.69, 9.17) is 16.3 Å². The lowest BCUT2D eigenvalue weighted by molar-refractivity contribution is -0.117. The summed E-state index contributed by atoms with van der Waals surface area (Å²) in [5.41, 5.74) is 1.95. The standard InChI is InChI=1S/C23H18ClF2N3O3/c1-2-32-23(31)14-5-3-4-13(8-14)15-9-19-22(27-10-15)28-11-20(30)29(19)12-16-17(25)6-7-18(26)21(16)24/h3-10H,2,11-12H2,1H3,(H,27,28). The summed E-state index contributed by atoms with van der Waals surface area (Å²) in [6.45, 7) is 1.67. The van der Waals surface area contributed by atoms with E-state index in [1.165, 1.54) is 4.90 Å². The van der Waals surface area contributed by atoms with Crippen LogP contribution in [0.1, 0.15) is 22.8 Å². The number of amides is 1. The number of esters is 1. The van der Waals surface area contributed by atoms with Crippen molar-refractivity contribution in [1.29, 1.82) is 0 Å². The number of hydrogen-bond acceptors (Lipinski definition) is 5. The molecule has 9 heteroatoms. The highest BCUT2D eigenvalue weighted by atomic mass is 35.5. The predicted octanol–water partition coefficient (Wildman–Crippen LogP) is 4.82. The van der Waals surface area contributed by atoms with Crippen LogP contribution < -0.4 is 10.2 Å². The molecule has 2 aromatic carbocycles. The Kier molecular flexibility index (Phi) is 6.05. The van der Waals surface area contributed by atoms with Gasteiger partial charge in [-0.25, -0.2) is 18.6 Å². The Hall–Kier alpha value is -3.52. The van der Waals surface area contributed by atoms with Crippen molar-refractivity contribution in [2.75, 3.05) is 23.4 Å². The molecule has 6 nitrogen and oxygen atoms in total. The summed E-state index contributed by atoms with van der Waals surface area (Å²) < 4.78 is 33.3. The van der Waals surface area contributed by atoms with Gasteiger partial charge in [-0.2, -0.15) is 0 Å². The third kappa shape index (κ3) is 4.13. The van der Waals surface area contributed by atoms with Gasteiger partial charge in [0.2, 0.25) is 5.91 Å². The summed E-state index contributed by atoms with van der Waals surface area (Å²) >= 11 is 5.96. The highest BCUT2D eigenvalue weighted by Gasteiger charge is 2.28. The van der Waals surface area contributed by atoms with Crippen molar-refractivity contribution in [3.05, 3.63) is 76.4 Å². The van der Waals surface area contributed by atoms with E-state index in [1.807, 2.05) is 0 Å². The molecule has 0 spiro atoms. The van der Waals surface area contributed by atoms with Gasteiger partial charge in [-0.05, 0) is 42.8 Å². The SMILES string of the molecule is CCOC(=O)c1cccc(-c2cnc3c(c2)N(Cc2c(F)ccc(F)c2Cl)C(=O)CN3)c1. The zero-order valence-electron chi connectivity index (χ0n) is 17.0. The molecule has 1 amide bonds. The lowest BCUT2D eigenvalue weighted by atomic mass is 10.0. The molecule has 0 fully saturated rings. The Balaban J connectivity index is 1.73. The normalized spacial score (nSPS) is 12.9. The van der Waals surface area contributed by atoms with Crippen LogP contribution in [-0.2, 0) is 16.1 Å². The molecule has 0 radical (unpaired) electrons. The fraction of sp³-hybridized carbons (Fsp3) is 0.174. The second-order valence-electron chi connectivity index (χ2n) is 7.05. The largest absolute Gasteiger partial charge is 0.462 e. The first-order chi connectivity index (χ1) is 15.4. The first-order valence-electron chi connectivity index (χ1n) is 9.83. The van der Waals surface area contributed by atoms with Crippen molar-refractivity contribution >= 4 is 35.0 Å². The van der Waals surface area contributed by atoms with Crippen LogP contribution in [0.25, 0.3) is 11.1 Å². The molecule has 0 unspecified atom stereocenters. The van der Waals surface area contributed by atoms with Crippen molar-refractivity contribution in [3.63, 3.8) is 0 Å².